The molecule has 0 aromatic heterocycles. The summed E-state index contributed by atoms with van der Waals surface area (Å²) >= 11 is 0. The van der Waals surface area contributed by atoms with Gasteiger partial charge in [0.25, 0.3) is 0 Å². The molecule has 106 valence electrons. The molecule has 0 unspecified atom stereocenters. The average molecular weight is 277 g/mol. The predicted molar refractivity (Wildman–Crippen MR) is 68.8 cm³/mol. The van der Waals surface area contributed by atoms with Gasteiger partial charge in [-0.25, -0.2) is 14.5 Å². The molecule has 0 radical (unpaired) electrons. The number of likely N-dealkylation sites (tertiary alicyclic amines) is 1. The third kappa shape index (κ3) is 2.96. The first kappa shape index (κ1) is 14.0. The Morgan fingerprint density at radius 3 is 2.60 bits per heavy atom. The van der Waals surface area contributed by atoms with Gasteiger partial charge in [0.05, 0.1) is 20.1 Å². The van der Waals surface area contributed by atoms with Crippen molar-refractivity contribution in [2.24, 2.45) is 0 Å². The number of esters is 1. The molecule has 1 heterocycles. The first-order valence-electron chi connectivity index (χ1n) is 6.24. The largest absolute Gasteiger partial charge is 0.467 e. The number of hydrogen-bond acceptors (Lipinski definition) is 5. The van der Waals surface area contributed by atoms with Crippen molar-refractivity contribution in [3.63, 3.8) is 0 Å². The third-order valence-corrected chi connectivity index (χ3v) is 3.08. The average Bonchev–Trinajstić information content (AvgIpc) is 2.45. The number of hydrogen-bond donors (Lipinski definition) is 0. The summed E-state index contributed by atoms with van der Waals surface area (Å²) in [7, 11) is 1.21. The van der Waals surface area contributed by atoms with Crippen molar-refractivity contribution < 1.29 is 23.9 Å². The second-order valence-electron chi connectivity index (χ2n) is 4.36. The molecule has 0 spiro atoms. The van der Waals surface area contributed by atoms with E-state index in [1.54, 1.807) is 0 Å². The quantitative estimate of drug-likeness (QED) is 0.609. The van der Waals surface area contributed by atoms with E-state index in [0.29, 0.717) is 6.42 Å². The molecular formula is C14H15NO5. The summed E-state index contributed by atoms with van der Waals surface area (Å²) in [5.41, 5.74) is 1.03. The number of amides is 2. The molecule has 2 rings (SSSR count). The molecule has 20 heavy (non-hydrogen) atoms. The van der Waals surface area contributed by atoms with Crippen LogP contribution in [0.3, 0.4) is 0 Å². The summed E-state index contributed by atoms with van der Waals surface area (Å²) in [6.07, 6.45) is -0.259. The highest BCUT2D eigenvalue weighted by Gasteiger charge is 2.47. The van der Waals surface area contributed by atoms with Crippen molar-refractivity contribution in [2.75, 3.05) is 13.7 Å². The molecule has 0 saturated carbocycles. The van der Waals surface area contributed by atoms with E-state index < -0.39 is 24.0 Å². The van der Waals surface area contributed by atoms with Gasteiger partial charge < -0.3 is 9.47 Å². The molecule has 2 amide bonds. The fraction of sp³-hybridized carbons (Fsp3) is 0.357. The first-order valence-corrected chi connectivity index (χ1v) is 6.24. The molecule has 0 aliphatic carbocycles. The maximum absolute atomic E-state index is 11.7. The number of carbonyl (C=O) groups is 3. The molecule has 1 aromatic rings. The number of imide groups is 1. The Hall–Kier alpha value is -2.37. The number of nitrogens with zero attached hydrogens (tertiary/aromatic N) is 1. The van der Waals surface area contributed by atoms with Crippen molar-refractivity contribution in [1.29, 1.82) is 0 Å². The van der Waals surface area contributed by atoms with E-state index >= 15 is 0 Å². The van der Waals surface area contributed by atoms with Crippen molar-refractivity contribution in [2.45, 2.75) is 18.9 Å². The van der Waals surface area contributed by atoms with Crippen molar-refractivity contribution in [1.82, 2.24) is 4.90 Å². The molecular weight excluding hydrogens is 262 g/mol. The number of rotatable bonds is 4. The van der Waals surface area contributed by atoms with Crippen molar-refractivity contribution >= 4 is 18.0 Å². The molecule has 0 bridgehead atoms. The lowest BCUT2D eigenvalue weighted by molar-refractivity contribution is -0.161. The van der Waals surface area contributed by atoms with Crippen LogP contribution in [0.1, 0.15) is 12.0 Å². The van der Waals surface area contributed by atoms with Gasteiger partial charge in [-0.3, -0.25) is 4.79 Å². The van der Waals surface area contributed by atoms with Gasteiger partial charge in [-0.05, 0) is 5.56 Å². The van der Waals surface area contributed by atoms with Crippen LogP contribution in [-0.2, 0) is 25.5 Å². The van der Waals surface area contributed by atoms with Crippen LogP contribution in [0.25, 0.3) is 0 Å². The minimum Gasteiger partial charge on any atom is -0.467 e. The number of methoxy groups -OCH3 is 1. The second kappa shape index (κ2) is 6.18. The van der Waals surface area contributed by atoms with E-state index in [1.165, 1.54) is 7.11 Å². The van der Waals surface area contributed by atoms with Crippen LogP contribution in [0.2, 0.25) is 0 Å². The fourth-order valence-electron chi connectivity index (χ4n) is 1.94. The van der Waals surface area contributed by atoms with Crippen LogP contribution in [-0.4, -0.2) is 42.6 Å². The highest BCUT2D eigenvalue weighted by Crippen LogP contribution is 2.21. The number of carbonyl (C=O) groups excluding carboxylic acids is 3. The molecule has 1 saturated heterocycles. The topological polar surface area (TPSA) is 72.9 Å². The fourth-order valence-corrected chi connectivity index (χ4v) is 1.94. The van der Waals surface area contributed by atoms with Gasteiger partial charge in [0.2, 0.25) is 5.91 Å². The monoisotopic (exact) mass is 277 g/mol. The second-order valence-corrected chi connectivity index (χ2v) is 4.36. The van der Waals surface area contributed by atoms with Gasteiger partial charge in [0, 0.05) is 6.42 Å². The minimum atomic E-state index is -0.850. The van der Waals surface area contributed by atoms with Gasteiger partial charge in [0.1, 0.15) is 6.04 Å². The summed E-state index contributed by atoms with van der Waals surface area (Å²) in [6.45, 7) is 0.153. The number of benzene rings is 1. The Morgan fingerprint density at radius 2 is 2.00 bits per heavy atom. The molecule has 0 N–H and O–H groups in total. The van der Waals surface area contributed by atoms with Gasteiger partial charge in [0.15, 0.2) is 0 Å². The summed E-state index contributed by atoms with van der Waals surface area (Å²) in [4.78, 5) is 35.2. The van der Waals surface area contributed by atoms with Gasteiger partial charge >= 0.3 is 12.1 Å². The Morgan fingerprint density at radius 1 is 1.30 bits per heavy atom. The zero-order chi connectivity index (χ0) is 14.5. The van der Waals surface area contributed by atoms with Crippen LogP contribution in [0.15, 0.2) is 30.3 Å². The van der Waals surface area contributed by atoms with E-state index in [-0.39, 0.29) is 13.0 Å². The first-order chi connectivity index (χ1) is 9.63. The molecule has 1 fully saturated rings. The van der Waals surface area contributed by atoms with Crippen LogP contribution in [0.5, 0.6) is 0 Å². The Bertz CT molecular complexity index is 514. The number of ether oxygens (including phenoxy) is 2. The van der Waals surface area contributed by atoms with E-state index in [1.807, 2.05) is 30.3 Å². The van der Waals surface area contributed by atoms with Crippen LogP contribution in [0, 0.1) is 0 Å². The van der Waals surface area contributed by atoms with E-state index in [2.05, 4.69) is 4.74 Å². The number of β-lactam (4-membered cyclic amide) rings is 1. The molecule has 1 aliphatic rings. The summed E-state index contributed by atoms with van der Waals surface area (Å²) in [5.74, 6) is -1.03. The maximum atomic E-state index is 11.7. The Kier molecular flexibility index (Phi) is 4.34. The highest BCUT2D eigenvalue weighted by molar-refractivity contribution is 6.04. The third-order valence-electron chi connectivity index (χ3n) is 3.08. The van der Waals surface area contributed by atoms with E-state index in [9.17, 15) is 14.4 Å². The molecule has 1 aromatic carbocycles. The van der Waals surface area contributed by atoms with E-state index in [4.69, 9.17) is 4.74 Å². The minimum absolute atomic E-state index is 0.0134. The predicted octanol–water partition coefficient (Wildman–Crippen LogP) is 1.14. The standard InChI is InChI=1S/C14H15NO5/c1-19-13(17)11-9-12(16)15(11)14(18)20-8-7-10-5-3-2-4-6-10/h2-6,11H,7-9H2,1H3/t11-/m0/s1. The molecule has 1 atom stereocenters. The Labute approximate surface area is 116 Å². The lowest BCUT2D eigenvalue weighted by Gasteiger charge is -2.35. The van der Waals surface area contributed by atoms with Crippen LogP contribution < -0.4 is 0 Å². The normalized spacial score (nSPS) is 17.4. The van der Waals surface area contributed by atoms with Crippen LogP contribution in [0.4, 0.5) is 4.79 Å². The molecule has 6 nitrogen and oxygen atoms in total. The van der Waals surface area contributed by atoms with Gasteiger partial charge in [-0.1, -0.05) is 30.3 Å². The smallest absolute Gasteiger partial charge is 0.417 e. The Balaban J connectivity index is 1.82. The zero-order valence-electron chi connectivity index (χ0n) is 11.1. The zero-order valence-corrected chi connectivity index (χ0v) is 11.1. The van der Waals surface area contributed by atoms with E-state index in [0.717, 1.165) is 10.5 Å². The van der Waals surface area contributed by atoms with Gasteiger partial charge in [-0.2, -0.15) is 0 Å². The molecule has 1 aliphatic heterocycles. The molecule has 6 heteroatoms. The maximum Gasteiger partial charge on any atom is 0.417 e. The van der Waals surface area contributed by atoms with Crippen LogP contribution >= 0.6 is 0 Å². The van der Waals surface area contributed by atoms with Crippen molar-refractivity contribution in [3.05, 3.63) is 35.9 Å². The summed E-state index contributed by atoms with van der Waals surface area (Å²) < 4.78 is 9.52. The van der Waals surface area contributed by atoms with Gasteiger partial charge in [-0.15, -0.1) is 0 Å². The summed E-state index contributed by atoms with van der Waals surface area (Å²) in [6, 6.07) is 8.67. The summed E-state index contributed by atoms with van der Waals surface area (Å²) in [5, 5.41) is 0. The van der Waals surface area contributed by atoms with Crippen molar-refractivity contribution in [3.8, 4) is 0 Å². The lowest BCUT2D eigenvalue weighted by atomic mass is 10.0. The lowest BCUT2D eigenvalue weighted by Crippen LogP contribution is -2.59. The SMILES string of the molecule is COC(=O)[C@@H]1CC(=O)N1C(=O)OCCc1ccccc1. The highest BCUT2D eigenvalue weighted by atomic mass is 16.6.